The van der Waals surface area contributed by atoms with E-state index in [1.54, 1.807) is 10.9 Å². The largest absolute Gasteiger partial charge is 0.410 e. The molecular formula is C10H13N4Y2-3. The Balaban J connectivity index is 0. The van der Waals surface area contributed by atoms with Gasteiger partial charge in [0.25, 0.3) is 0 Å². The summed E-state index contributed by atoms with van der Waals surface area (Å²) in [5.41, 5.74) is 8.57. The van der Waals surface area contributed by atoms with Crippen LogP contribution in [-0.4, -0.2) is 14.6 Å². The number of aromatic nitrogens is 3. The summed E-state index contributed by atoms with van der Waals surface area (Å²) in [7, 11) is 0. The van der Waals surface area contributed by atoms with Crippen molar-refractivity contribution in [3.63, 3.8) is 0 Å². The maximum absolute atomic E-state index is 5.72. The fourth-order valence-electron chi connectivity index (χ4n) is 1.43. The second-order valence-corrected chi connectivity index (χ2v) is 2.86. The van der Waals surface area contributed by atoms with Crippen molar-refractivity contribution in [2.24, 2.45) is 0 Å². The molecule has 0 bridgehead atoms. The molecule has 2 rings (SSSR count). The van der Waals surface area contributed by atoms with E-state index in [1.165, 1.54) is 6.33 Å². The van der Waals surface area contributed by atoms with E-state index in [9.17, 15) is 0 Å². The molecule has 2 heterocycles. The molecule has 82 valence electrons. The quantitative estimate of drug-likeness (QED) is 0.777. The zero-order valence-electron chi connectivity index (χ0n) is 9.51. The molecule has 2 N–H and O–H groups in total. The van der Waals surface area contributed by atoms with Crippen molar-refractivity contribution >= 4 is 11.3 Å². The summed E-state index contributed by atoms with van der Waals surface area (Å²) in [5.74, 6) is 0.501. The molecule has 0 aliphatic heterocycles. The van der Waals surface area contributed by atoms with Crippen LogP contribution in [0.1, 0.15) is 11.3 Å². The molecule has 0 fully saturated rings. The van der Waals surface area contributed by atoms with Gasteiger partial charge in [-0.25, -0.2) is 4.98 Å². The van der Waals surface area contributed by atoms with E-state index in [2.05, 4.69) is 17.0 Å². The van der Waals surface area contributed by atoms with Crippen molar-refractivity contribution in [1.82, 2.24) is 14.6 Å². The van der Waals surface area contributed by atoms with Crippen LogP contribution < -0.4 is 5.73 Å². The van der Waals surface area contributed by atoms with E-state index in [0.29, 0.717) is 5.82 Å². The Hall–Kier alpha value is 0.498. The van der Waals surface area contributed by atoms with Crippen LogP contribution in [0, 0.1) is 27.7 Å². The van der Waals surface area contributed by atoms with Crippen molar-refractivity contribution in [2.45, 2.75) is 6.92 Å². The number of hydrogen-bond donors (Lipinski definition) is 1. The number of hydrogen-bond acceptors (Lipinski definition) is 3. The minimum absolute atomic E-state index is 0. The van der Waals surface area contributed by atoms with E-state index < -0.39 is 0 Å². The number of aryl methyl sites for hydroxylation is 1. The fourth-order valence-corrected chi connectivity index (χ4v) is 1.43. The number of nitrogens with two attached hydrogens (primary N) is 1. The first-order chi connectivity index (χ1) is 6.24. The van der Waals surface area contributed by atoms with Gasteiger partial charge in [0.2, 0.25) is 0 Å². The van der Waals surface area contributed by atoms with Crippen LogP contribution in [-0.2, 0) is 65.4 Å². The van der Waals surface area contributed by atoms with Crippen molar-refractivity contribution in [2.75, 3.05) is 5.73 Å². The van der Waals surface area contributed by atoms with E-state index in [-0.39, 0.29) is 72.8 Å². The monoisotopic (exact) mass is 367 g/mol. The van der Waals surface area contributed by atoms with Crippen LogP contribution in [0.15, 0.2) is 12.4 Å². The minimum Gasteiger partial charge on any atom is -0.410 e. The fraction of sp³-hybridized carbons (Fsp3) is 0.100. The molecule has 2 aromatic heterocycles. The Labute approximate surface area is 147 Å². The summed E-state index contributed by atoms with van der Waals surface area (Å²) in [5, 5.41) is 4.09. The summed E-state index contributed by atoms with van der Waals surface area (Å²) < 4.78 is 1.74. The van der Waals surface area contributed by atoms with Gasteiger partial charge in [0.15, 0.2) is 0 Å². The number of fused-ring (bicyclic) bond motifs is 1. The smallest absolute Gasteiger partial charge is 0.149 e. The van der Waals surface area contributed by atoms with Gasteiger partial charge in [-0.1, -0.05) is 6.92 Å². The second-order valence-electron chi connectivity index (χ2n) is 2.86. The molecule has 4 nitrogen and oxygen atoms in total. The predicted octanol–water partition coefficient (Wildman–Crippen LogP) is 1.45. The summed E-state index contributed by atoms with van der Waals surface area (Å²) in [6.45, 7) is 5.68. The standard InChI is InChI=1S/C9H10N4.CH3.2Y/c1-3-7-4-6(2)8-9(10)11-5-12-13(7)8;;;/h3-5H,1H2,2H3,(H2,10,11,12);1H3;;/q-2;-1;;. The Morgan fingerprint density at radius 1 is 1.44 bits per heavy atom. The number of rotatable bonds is 1. The van der Waals surface area contributed by atoms with Crippen molar-refractivity contribution < 1.29 is 65.4 Å². The molecular weight excluding hydrogens is 354 g/mol. The van der Waals surface area contributed by atoms with Gasteiger partial charge in [0.05, 0.1) is 5.52 Å². The average Bonchev–Trinajstić information content (AvgIpc) is 2.44. The second kappa shape index (κ2) is 7.75. The first kappa shape index (κ1) is 18.9. The first-order valence-corrected chi connectivity index (χ1v) is 3.95. The topological polar surface area (TPSA) is 56.2 Å². The maximum atomic E-state index is 5.72. The van der Waals surface area contributed by atoms with Gasteiger partial charge in [0.1, 0.15) is 12.1 Å². The van der Waals surface area contributed by atoms with Crippen LogP contribution in [0.5, 0.6) is 0 Å². The summed E-state index contributed by atoms with van der Waals surface area (Å²) in [6, 6.07) is 1.98. The third-order valence-corrected chi connectivity index (χ3v) is 2.01. The Bertz CT molecular complexity index is 453. The van der Waals surface area contributed by atoms with Crippen LogP contribution in [0.25, 0.3) is 5.52 Å². The maximum Gasteiger partial charge on any atom is 0.149 e. The Morgan fingerprint density at radius 3 is 2.62 bits per heavy atom. The molecule has 6 heteroatoms. The molecule has 0 saturated carbocycles. The molecule has 0 aromatic carbocycles. The van der Waals surface area contributed by atoms with E-state index in [1.807, 2.05) is 13.0 Å². The Kier molecular flexibility index (Phi) is 9.13. The molecule has 0 spiro atoms. The summed E-state index contributed by atoms with van der Waals surface area (Å²) >= 11 is 0. The zero-order valence-corrected chi connectivity index (χ0v) is 15.2. The number of nitrogens with zero attached hydrogens (tertiary/aromatic N) is 3. The van der Waals surface area contributed by atoms with E-state index in [4.69, 9.17) is 5.73 Å². The molecule has 2 aromatic rings. The summed E-state index contributed by atoms with van der Waals surface area (Å²) in [6.07, 6.45) is 3.18. The van der Waals surface area contributed by atoms with Gasteiger partial charge >= 0.3 is 0 Å². The molecule has 0 atom stereocenters. The van der Waals surface area contributed by atoms with Gasteiger partial charge in [-0.05, 0) is 0 Å². The van der Waals surface area contributed by atoms with Crippen LogP contribution in [0.3, 0.4) is 0 Å². The van der Waals surface area contributed by atoms with Crippen molar-refractivity contribution in [3.05, 3.63) is 44.4 Å². The van der Waals surface area contributed by atoms with E-state index >= 15 is 0 Å². The SMILES string of the molecule is [CH2-][CH-]c1cc(C)c2c(N)ncnn12.[CH3-].[Y].[Y]. The summed E-state index contributed by atoms with van der Waals surface area (Å²) in [4.78, 5) is 3.93. The normalized spacial score (nSPS) is 8.62. The third kappa shape index (κ3) is 3.25. The van der Waals surface area contributed by atoms with Crippen molar-refractivity contribution in [3.8, 4) is 0 Å². The average molecular weight is 367 g/mol. The molecule has 0 unspecified atom stereocenters. The number of nitrogen functional groups attached to an aromatic ring is 1. The third-order valence-electron chi connectivity index (χ3n) is 2.01. The molecule has 0 amide bonds. The molecule has 2 radical (unpaired) electrons. The van der Waals surface area contributed by atoms with Gasteiger partial charge in [-0.15, -0.1) is 11.3 Å². The minimum atomic E-state index is 0. The van der Waals surface area contributed by atoms with Crippen LogP contribution in [0.4, 0.5) is 5.82 Å². The molecule has 0 saturated heterocycles. The molecule has 0 aliphatic carbocycles. The van der Waals surface area contributed by atoms with Gasteiger partial charge in [-0.3, -0.25) is 4.52 Å². The van der Waals surface area contributed by atoms with Gasteiger partial charge in [0, 0.05) is 65.4 Å². The zero-order chi connectivity index (χ0) is 9.42. The van der Waals surface area contributed by atoms with Crippen LogP contribution in [0.2, 0.25) is 0 Å². The van der Waals surface area contributed by atoms with E-state index in [0.717, 1.165) is 16.8 Å². The number of anilines is 1. The molecule has 0 aliphatic rings. The van der Waals surface area contributed by atoms with Crippen molar-refractivity contribution in [1.29, 1.82) is 0 Å². The van der Waals surface area contributed by atoms with Gasteiger partial charge < -0.3 is 26.5 Å². The Morgan fingerprint density at radius 2 is 2.06 bits per heavy atom. The van der Waals surface area contributed by atoms with Gasteiger partial charge in [-0.2, -0.15) is 11.2 Å². The van der Waals surface area contributed by atoms with Crippen LogP contribution >= 0.6 is 0 Å². The first-order valence-electron chi connectivity index (χ1n) is 3.95. The predicted molar refractivity (Wildman–Crippen MR) is 57.3 cm³/mol. The molecule has 16 heavy (non-hydrogen) atoms.